The third-order valence-electron chi connectivity index (χ3n) is 2.54. The summed E-state index contributed by atoms with van der Waals surface area (Å²) in [5.41, 5.74) is 0.710. The van der Waals surface area contributed by atoms with Gasteiger partial charge in [-0.2, -0.15) is 0 Å². The van der Waals surface area contributed by atoms with Crippen LogP contribution < -0.4 is 16.2 Å². The fourth-order valence-corrected chi connectivity index (χ4v) is 1.70. The standard InChI is InChI=1S/C12H11N5O/c18-10-5-4-8-7-14-12(17-11(8)16-10)15-9-3-1-2-6-13-9/h1-7,12H,(H,13,15)(H2,16,17,18). The Kier molecular flexibility index (Phi) is 2.53. The zero-order valence-electron chi connectivity index (χ0n) is 9.42. The van der Waals surface area contributed by atoms with Gasteiger partial charge in [0.1, 0.15) is 11.6 Å². The number of hydrogen-bond donors (Lipinski definition) is 3. The van der Waals surface area contributed by atoms with Gasteiger partial charge in [-0.15, -0.1) is 0 Å². The summed E-state index contributed by atoms with van der Waals surface area (Å²) in [6, 6.07) is 8.77. The maximum atomic E-state index is 11.2. The number of fused-ring (bicyclic) bond motifs is 1. The van der Waals surface area contributed by atoms with Gasteiger partial charge in [-0.25, -0.2) is 9.98 Å². The first kappa shape index (κ1) is 10.5. The molecule has 3 rings (SSSR count). The van der Waals surface area contributed by atoms with Crippen molar-refractivity contribution in [2.24, 2.45) is 4.99 Å². The van der Waals surface area contributed by atoms with Crippen molar-refractivity contribution in [2.75, 3.05) is 10.6 Å². The summed E-state index contributed by atoms with van der Waals surface area (Å²) in [6.45, 7) is 0. The van der Waals surface area contributed by atoms with Crippen LogP contribution in [0.4, 0.5) is 11.6 Å². The van der Waals surface area contributed by atoms with Crippen molar-refractivity contribution in [1.29, 1.82) is 0 Å². The Morgan fingerprint density at radius 2 is 2.17 bits per heavy atom. The van der Waals surface area contributed by atoms with Crippen LogP contribution in [0.3, 0.4) is 0 Å². The molecule has 3 heterocycles. The van der Waals surface area contributed by atoms with Crippen LogP contribution in [0.25, 0.3) is 0 Å². The van der Waals surface area contributed by atoms with E-state index < -0.39 is 0 Å². The van der Waals surface area contributed by atoms with Crippen molar-refractivity contribution in [3.8, 4) is 0 Å². The average molecular weight is 241 g/mol. The maximum absolute atomic E-state index is 11.2. The van der Waals surface area contributed by atoms with Crippen LogP contribution in [0.1, 0.15) is 5.56 Å². The second kappa shape index (κ2) is 4.33. The quantitative estimate of drug-likeness (QED) is 0.732. The second-order valence-electron chi connectivity index (χ2n) is 3.84. The lowest BCUT2D eigenvalue weighted by Crippen LogP contribution is -2.31. The molecule has 3 N–H and O–H groups in total. The zero-order valence-corrected chi connectivity index (χ0v) is 9.42. The number of pyridine rings is 2. The minimum Gasteiger partial charge on any atom is -0.333 e. The van der Waals surface area contributed by atoms with Gasteiger partial charge >= 0.3 is 0 Å². The number of H-pyrrole nitrogens is 1. The molecule has 6 heteroatoms. The van der Waals surface area contributed by atoms with Crippen LogP contribution in [0.15, 0.2) is 46.3 Å². The Morgan fingerprint density at radius 3 is 3.00 bits per heavy atom. The third-order valence-corrected chi connectivity index (χ3v) is 2.54. The van der Waals surface area contributed by atoms with E-state index in [0.717, 1.165) is 5.56 Å². The Hall–Kier alpha value is -2.63. The second-order valence-corrected chi connectivity index (χ2v) is 3.84. The molecule has 2 aromatic heterocycles. The number of aromatic amines is 1. The minimum atomic E-state index is -0.342. The molecule has 18 heavy (non-hydrogen) atoms. The number of aromatic nitrogens is 2. The van der Waals surface area contributed by atoms with Crippen molar-refractivity contribution in [3.63, 3.8) is 0 Å². The largest absolute Gasteiger partial charge is 0.333 e. The monoisotopic (exact) mass is 241 g/mol. The first-order chi connectivity index (χ1) is 8.81. The van der Waals surface area contributed by atoms with Gasteiger partial charge in [0.05, 0.1) is 0 Å². The molecule has 0 bridgehead atoms. The van der Waals surface area contributed by atoms with Crippen LogP contribution >= 0.6 is 0 Å². The fourth-order valence-electron chi connectivity index (χ4n) is 1.70. The van der Waals surface area contributed by atoms with Crippen LogP contribution in [-0.4, -0.2) is 22.5 Å². The summed E-state index contributed by atoms with van der Waals surface area (Å²) in [5, 5.41) is 6.18. The highest BCUT2D eigenvalue weighted by atomic mass is 16.1. The number of aliphatic imine (C=N–C) groups is 1. The van der Waals surface area contributed by atoms with Gasteiger partial charge in [-0.05, 0) is 18.2 Å². The Morgan fingerprint density at radius 1 is 1.22 bits per heavy atom. The van der Waals surface area contributed by atoms with E-state index in [1.165, 1.54) is 6.07 Å². The van der Waals surface area contributed by atoms with E-state index in [-0.39, 0.29) is 11.8 Å². The summed E-state index contributed by atoms with van der Waals surface area (Å²) in [6.07, 6.45) is 3.07. The molecule has 0 amide bonds. The number of hydrogen-bond acceptors (Lipinski definition) is 5. The maximum Gasteiger partial charge on any atom is 0.249 e. The van der Waals surface area contributed by atoms with E-state index in [1.54, 1.807) is 18.5 Å². The van der Waals surface area contributed by atoms with E-state index >= 15 is 0 Å². The number of anilines is 2. The summed E-state index contributed by atoms with van der Waals surface area (Å²) in [4.78, 5) is 22.4. The van der Waals surface area contributed by atoms with Gasteiger partial charge in [0.25, 0.3) is 0 Å². The third kappa shape index (κ3) is 2.08. The molecule has 90 valence electrons. The summed E-state index contributed by atoms with van der Waals surface area (Å²) in [7, 11) is 0. The zero-order chi connectivity index (χ0) is 12.4. The molecule has 0 radical (unpaired) electrons. The molecular formula is C12H11N5O. The lowest BCUT2D eigenvalue weighted by Gasteiger charge is -2.22. The number of rotatable bonds is 2. The van der Waals surface area contributed by atoms with Crippen LogP contribution in [-0.2, 0) is 0 Å². The van der Waals surface area contributed by atoms with Crippen molar-refractivity contribution < 1.29 is 0 Å². The molecule has 0 aliphatic carbocycles. The van der Waals surface area contributed by atoms with E-state index in [4.69, 9.17) is 0 Å². The van der Waals surface area contributed by atoms with Crippen molar-refractivity contribution in [1.82, 2.24) is 9.97 Å². The fraction of sp³-hybridized carbons (Fsp3) is 0.0833. The summed E-state index contributed by atoms with van der Waals surface area (Å²) in [5.74, 6) is 1.37. The van der Waals surface area contributed by atoms with Gasteiger partial charge < -0.3 is 15.6 Å². The van der Waals surface area contributed by atoms with Crippen LogP contribution in [0.2, 0.25) is 0 Å². The topological polar surface area (TPSA) is 82.2 Å². The smallest absolute Gasteiger partial charge is 0.249 e. The normalized spacial score (nSPS) is 16.8. The van der Waals surface area contributed by atoms with Crippen molar-refractivity contribution in [3.05, 3.63) is 52.4 Å². The molecule has 2 aromatic rings. The predicted molar refractivity (Wildman–Crippen MR) is 69.9 cm³/mol. The molecule has 0 saturated carbocycles. The molecule has 0 saturated heterocycles. The highest BCUT2D eigenvalue weighted by molar-refractivity contribution is 5.88. The first-order valence-electron chi connectivity index (χ1n) is 5.52. The van der Waals surface area contributed by atoms with Crippen LogP contribution in [0, 0.1) is 0 Å². The molecule has 1 atom stereocenters. The molecular weight excluding hydrogens is 230 g/mol. The van der Waals surface area contributed by atoms with Gasteiger partial charge in [0.15, 0.2) is 6.29 Å². The van der Waals surface area contributed by atoms with E-state index in [9.17, 15) is 4.79 Å². The Balaban J connectivity index is 1.81. The first-order valence-corrected chi connectivity index (χ1v) is 5.52. The van der Waals surface area contributed by atoms with Crippen molar-refractivity contribution in [2.45, 2.75) is 6.29 Å². The Labute approximate surface area is 103 Å². The molecule has 6 nitrogen and oxygen atoms in total. The van der Waals surface area contributed by atoms with E-state index in [0.29, 0.717) is 11.6 Å². The average Bonchev–Trinajstić information content (AvgIpc) is 2.39. The highest BCUT2D eigenvalue weighted by Crippen LogP contribution is 2.15. The summed E-state index contributed by atoms with van der Waals surface area (Å²) >= 11 is 0. The molecule has 0 spiro atoms. The molecule has 0 fully saturated rings. The van der Waals surface area contributed by atoms with Crippen LogP contribution in [0.5, 0.6) is 0 Å². The molecule has 0 aromatic carbocycles. The molecule has 1 aliphatic rings. The minimum absolute atomic E-state index is 0.145. The highest BCUT2D eigenvalue weighted by Gasteiger charge is 2.13. The van der Waals surface area contributed by atoms with Crippen molar-refractivity contribution >= 4 is 17.9 Å². The lowest BCUT2D eigenvalue weighted by atomic mass is 10.2. The molecule has 1 unspecified atom stereocenters. The van der Waals surface area contributed by atoms with E-state index in [1.807, 2.05) is 18.2 Å². The lowest BCUT2D eigenvalue weighted by molar-refractivity contribution is 0.845. The van der Waals surface area contributed by atoms with Gasteiger partial charge in [-0.3, -0.25) is 4.79 Å². The molecule has 1 aliphatic heterocycles. The summed E-state index contributed by atoms with van der Waals surface area (Å²) < 4.78 is 0. The van der Waals surface area contributed by atoms with Gasteiger partial charge in [0.2, 0.25) is 5.56 Å². The number of nitrogens with one attached hydrogen (secondary N) is 3. The SMILES string of the molecule is O=c1ccc2c([nH]1)NC(Nc1ccccn1)N=C2. The predicted octanol–water partition coefficient (Wildman–Crippen LogP) is 1.01. The van der Waals surface area contributed by atoms with Gasteiger partial charge in [0, 0.05) is 24.0 Å². The number of nitrogens with zero attached hydrogens (tertiary/aromatic N) is 2. The van der Waals surface area contributed by atoms with Gasteiger partial charge in [-0.1, -0.05) is 6.07 Å². The Bertz CT molecular complexity index is 634. The van der Waals surface area contributed by atoms with E-state index in [2.05, 4.69) is 25.6 Å².